The first-order chi connectivity index (χ1) is 11.1. The van der Waals surface area contributed by atoms with E-state index in [9.17, 15) is 23.3 Å². The second-order valence-corrected chi connectivity index (χ2v) is 7.04. The number of hydrogen-bond acceptors (Lipinski definition) is 5. The largest absolute Gasteiger partial charge is 0.270 e. The summed E-state index contributed by atoms with van der Waals surface area (Å²) in [4.78, 5) is 22.2. The predicted molar refractivity (Wildman–Crippen MR) is 88.4 cm³/mol. The number of nitro benzene ring substituents is 1. The number of rotatable bonds is 4. The van der Waals surface area contributed by atoms with Gasteiger partial charge >= 0.3 is 0 Å². The number of carbonyl (C=O) groups excluding carboxylic acids is 1. The number of carbonyl (C=O) groups is 1. The van der Waals surface area contributed by atoms with E-state index in [1.807, 2.05) is 17.7 Å². The lowest BCUT2D eigenvalue weighted by molar-refractivity contribution is -0.385. The minimum Gasteiger partial charge on any atom is -0.268 e. The van der Waals surface area contributed by atoms with Gasteiger partial charge in [0.15, 0.2) is 0 Å². The molecular formula is C16H16N2O5S. The van der Waals surface area contributed by atoms with Crippen molar-refractivity contribution in [3.63, 3.8) is 0 Å². The molecular weight excluding hydrogens is 332 g/mol. The van der Waals surface area contributed by atoms with Gasteiger partial charge in [0.1, 0.15) is 0 Å². The summed E-state index contributed by atoms with van der Waals surface area (Å²) in [5.41, 5.74) is 1.70. The third-order valence-electron chi connectivity index (χ3n) is 3.75. The number of benzene rings is 2. The van der Waals surface area contributed by atoms with Gasteiger partial charge in [-0.1, -0.05) is 18.2 Å². The Morgan fingerprint density at radius 2 is 1.75 bits per heavy atom. The van der Waals surface area contributed by atoms with E-state index in [0.717, 1.165) is 11.6 Å². The lowest BCUT2D eigenvalue weighted by Gasteiger charge is -2.11. The van der Waals surface area contributed by atoms with Crippen LogP contribution in [0.3, 0.4) is 0 Å². The van der Waals surface area contributed by atoms with Crippen molar-refractivity contribution in [2.24, 2.45) is 0 Å². The highest BCUT2D eigenvalue weighted by Gasteiger charge is 2.24. The fourth-order valence-electron chi connectivity index (χ4n) is 2.22. The van der Waals surface area contributed by atoms with Gasteiger partial charge in [-0.3, -0.25) is 14.9 Å². The summed E-state index contributed by atoms with van der Waals surface area (Å²) >= 11 is 0. The zero-order valence-corrected chi connectivity index (χ0v) is 14.2. The van der Waals surface area contributed by atoms with Crippen molar-refractivity contribution in [1.82, 2.24) is 4.72 Å². The number of nitrogens with one attached hydrogen (secondary N) is 1. The number of sulfonamides is 1. The third kappa shape index (κ3) is 3.43. The quantitative estimate of drug-likeness (QED) is 0.675. The molecule has 1 amide bonds. The van der Waals surface area contributed by atoms with Crippen LogP contribution in [0, 0.1) is 30.9 Å². The molecule has 0 aliphatic heterocycles. The minimum atomic E-state index is -4.23. The third-order valence-corrected chi connectivity index (χ3v) is 5.22. The summed E-state index contributed by atoms with van der Waals surface area (Å²) in [6.45, 7) is 5.03. The highest BCUT2D eigenvalue weighted by atomic mass is 32.2. The second-order valence-electron chi connectivity index (χ2n) is 5.39. The highest BCUT2D eigenvalue weighted by Crippen LogP contribution is 2.22. The maximum absolute atomic E-state index is 12.5. The van der Waals surface area contributed by atoms with Crippen LogP contribution < -0.4 is 4.72 Å². The van der Waals surface area contributed by atoms with E-state index in [0.29, 0.717) is 11.1 Å². The van der Waals surface area contributed by atoms with E-state index in [1.165, 1.54) is 25.1 Å². The van der Waals surface area contributed by atoms with Gasteiger partial charge in [-0.2, -0.15) is 0 Å². The van der Waals surface area contributed by atoms with E-state index >= 15 is 0 Å². The van der Waals surface area contributed by atoms with Crippen molar-refractivity contribution in [3.8, 4) is 0 Å². The SMILES string of the molecule is Cc1ccc([N+](=O)[O-])cc1S(=O)(=O)NC(=O)c1cccc(C)c1C. The van der Waals surface area contributed by atoms with Crippen molar-refractivity contribution >= 4 is 21.6 Å². The average molecular weight is 348 g/mol. The van der Waals surface area contributed by atoms with Crippen molar-refractivity contribution in [2.75, 3.05) is 0 Å². The van der Waals surface area contributed by atoms with Gasteiger partial charge < -0.3 is 0 Å². The highest BCUT2D eigenvalue weighted by molar-refractivity contribution is 7.90. The lowest BCUT2D eigenvalue weighted by Crippen LogP contribution is -2.31. The maximum Gasteiger partial charge on any atom is 0.270 e. The number of non-ortho nitro benzene ring substituents is 1. The fraction of sp³-hybridized carbons (Fsp3) is 0.188. The molecule has 126 valence electrons. The number of amides is 1. The number of aryl methyl sites for hydroxylation is 2. The van der Waals surface area contributed by atoms with E-state index in [2.05, 4.69) is 0 Å². The molecule has 0 aliphatic carbocycles. The standard InChI is InChI=1S/C16H16N2O5S/c1-10-5-4-6-14(12(10)3)16(19)17-24(22,23)15-9-13(18(20)21)8-7-11(15)2/h4-9H,1-3H3,(H,17,19). The van der Waals surface area contributed by atoms with E-state index < -0.39 is 20.9 Å². The van der Waals surface area contributed by atoms with Gasteiger partial charge in [-0.05, 0) is 43.5 Å². The monoisotopic (exact) mass is 348 g/mol. The van der Waals surface area contributed by atoms with Crippen molar-refractivity contribution in [2.45, 2.75) is 25.7 Å². The van der Waals surface area contributed by atoms with Crippen molar-refractivity contribution in [3.05, 3.63) is 68.8 Å². The summed E-state index contributed by atoms with van der Waals surface area (Å²) in [6.07, 6.45) is 0. The number of nitrogens with zero attached hydrogens (tertiary/aromatic N) is 1. The maximum atomic E-state index is 12.5. The second kappa shape index (κ2) is 6.40. The van der Waals surface area contributed by atoms with Crippen LogP contribution in [0.5, 0.6) is 0 Å². The van der Waals surface area contributed by atoms with Gasteiger partial charge in [0.2, 0.25) is 0 Å². The number of nitro groups is 1. The van der Waals surface area contributed by atoms with Crippen LogP contribution in [0.4, 0.5) is 5.69 Å². The molecule has 0 saturated heterocycles. The molecule has 0 bridgehead atoms. The summed E-state index contributed by atoms with van der Waals surface area (Å²) in [7, 11) is -4.23. The van der Waals surface area contributed by atoms with E-state index in [-0.39, 0.29) is 16.1 Å². The zero-order chi connectivity index (χ0) is 18.1. The van der Waals surface area contributed by atoms with Crippen molar-refractivity contribution in [1.29, 1.82) is 0 Å². The molecule has 0 saturated carbocycles. The van der Waals surface area contributed by atoms with Crippen LogP contribution >= 0.6 is 0 Å². The van der Waals surface area contributed by atoms with Crippen LogP contribution in [0.1, 0.15) is 27.0 Å². The van der Waals surface area contributed by atoms with Gasteiger partial charge in [-0.25, -0.2) is 13.1 Å². The summed E-state index contributed by atoms with van der Waals surface area (Å²) in [6, 6.07) is 8.46. The molecule has 2 aromatic rings. The Morgan fingerprint density at radius 1 is 1.08 bits per heavy atom. The Balaban J connectivity index is 2.42. The van der Waals surface area contributed by atoms with Gasteiger partial charge in [0.05, 0.1) is 9.82 Å². The van der Waals surface area contributed by atoms with Crippen LogP contribution in [0.15, 0.2) is 41.3 Å². The smallest absolute Gasteiger partial charge is 0.268 e. The molecule has 0 heterocycles. The molecule has 24 heavy (non-hydrogen) atoms. The number of hydrogen-bond donors (Lipinski definition) is 1. The molecule has 0 spiro atoms. The Labute approximate surface area is 139 Å². The predicted octanol–water partition coefficient (Wildman–Crippen LogP) is 2.64. The topological polar surface area (TPSA) is 106 Å². The average Bonchev–Trinajstić information content (AvgIpc) is 2.49. The van der Waals surface area contributed by atoms with Crippen LogP contribution in [-0.4, -0.2) is 19.2 Å². The van der Waals surface area contributed by atoms with Crippen LogP contribution in [-0.2, 0) is 10.0 Å². The molecule has 7 nitrogen and oxygen atoms in total. The first-order valence-electron chi connectivity index (χ1n) is 7.02. The molecule has 0 aliphatic rings. The molecule has 1 N–H and O–H groups in total. The summed E-state index contributed by atoms with van der Waals surface area (Å²) < 4.78 is 26.9. The first kappa shape index (κ1) is 17.6. The first-order valence-corrected chi connectivity index (χ1v) is 8.50. The molecule has 8 heteroatoms. The molecule has 0 fully saturated rings. The summed E-state index contributed by atoms with van der Waals surface area (Å²) in [5, 5.41) is 10.8. The molecule has 2 rings (SSSR count). The Hall–Kier alpha value is -2.74. The molecule has 0 aromatic heterocycles. The molecule has 2 aromatic carbocycles. The van der Waals surface area contributed by atoms with Gasteiger partial charge in [-0.15, -0.1) is 0 Å². The Kier molecular flexibility index (Phi) is 4.70. The molecule has 0 radical (unpaired) electrons. The molecule has 0 unspecified atom stereocenters. The lowest BCUT2D eigenvalue weighted by atomic mass is 10.0. The van der Waals surface area contributed by atoms with E-state index in [1.54, 1.807) is 13.0 Å². The Bertz CT molecular complexity index is 935. The van der Waals surface area contributed by atoms with E-state index in [4.69, 9.17) is 0 Å². The van der Waals surface area contributed by atoms with Gasteiger partial charge in [0.25, 0.3) is 21.6 Å². The normalized spacial score (nSPS) is 11.1. The van der Waals surface area contributed by atoms with Crippen LogP contribution in [0.25, 0.3) is 0 Å². The fourth-order valence-corrected chi connectivity index (χ4v) is 3.45. The molecule has 0 atom stereocenters. The van der Waals surface area contributed by atoms with Crippen molar-refractivity contribution < 1.29 is 18.1 Å². The van der Waals surface area contributed by atoms with Gasteiger partial charge in [0, 0.05) is 17.7 Å². The zero-order valence-electron chi connectivity index (χ0n) is 13.4. The Morgan fingerprint density at radius 3 is 2.38 bits per heavy atom. The van der Waals surface area contributed by atoms with Crippen LogP contribution in [0.2, 0.25) is 0 Å². The minimum absolute atomic E-state index is 0.238. The summed E-state index contributed by atoms with van der Waals surface area (Å²) in [5.74, 6) is -0.776.